The summed E-state index contributed by atoms with van der Waals surface area (Å²) in [5, 5.41) is 0.738. The van der Waals surface area contributed by atoms with E-state index < -0.39 is 11.7 Å². The van der Waals surface area contributed by atoms with E-state index in [2.05, 4.69) is 9.97 Å². The van der Waals surface area contributed by atoms with Gasteiger partial charge in [0.05, 0.1) is 11.1 Å². The van der Waals surface area contributed by atoms with E-state index >= 15 is 0 Å². The molecule has 1 aliphatic rings. The van der Waals surface area contributed by atoms with E-state index in [1.807, 2.05) is 31.2 Å². The van der Waals surface area contributed by atoms with Crippen LogP contribution in [0.4, 0.5) is 0 Å². The Labute approximate surface area is 162 Å². The average Bonchev–Trinajstić information content (AvgIpc) is 3.17. The van der Waals surface area contributed by atoms with Crippen molar-refractivity contribution in [3.05, 3.63) is 65.6 Å². The van der Waals surface area contributed by atoms with E-state index in [1.165, 1.54) is 4.90 Å². The first kappa shape index (κ1) is 17.9. The molecule has 3 aromatic rings. The number of rotatable bonds is 3. The van der Waals surface area contributed by atoms with Gasteiger partial charge in [-0.3, -0.25) is 19.4 Å². The number of pyridine rings is 1. The highest BCUT2D eigenvalue weighted by Gasteiger charge is 2.30. The molecule has 0 aliphatic carbocycles. The minimum Gasteiger partial charge on any atom is -0.360 e. The standard InChI is InChI=1S/C21H20N4O3/c1-14-6-7-15(12-22-14)20(27)24-8-10-25(11-9-24)21(28)19(26)17-13-23-18-5-3-2-4-16(17)18/h2-7,12-13,23H,8-11H2,1H3. The maximum Gasteiger partial charge on any atom is 0.295 e. The van der Waals surface area contributed by atoms with E-state index in [4.69, 9.17) is 0 Å². The van der Waals surface area contributed by atoms with Crippen LogP contribution in [-0.2, 0) is 4.79 Å². The summed E-state index contributed by atoms with van der Waals surface area (Å²) < 4.78 is 0. The van der Waals surface area contributed by atoms with Crippen LogP contribution in [0.25, 0.3) is 10.9 Å². The number of hydrogen-bond donors (Lipinski definition) is 1. The fourth-order valence-corrected chi connectivity index (χ4v) is 3.41. The molecular weight excluding hydrogens is 356 g/mol. The molecule has 0 spiro atoms. The Morgan fingerprint density at radius 1 is 0.964 bits per heavy atom. The van der Waals surface area contributed by atoms with E-state index in [0.717, 1.165) is 16.6 Å². The smallest absolute Gasteiger partial charge is 0.295 e. The maximum atomic E-state index is 12.7. The Morgan fingerprint density at radius 3 is 2.39 bits per heavy atom. The molecule has 28 heavy (non-hydrogen) atoms. The van der Waals surface area contributed by atoms with Crippen molar-refractivity contribution in [2.24, 2.45) is 0 Å². The van der Waals surface area contributed by atoms with Crippen LogP contribution >= 0.6 is 0 Å². The van der Waals surface area contributed by atoms with Crippen LogP contribution < -0.4 is 0 Å². The number of ketones is 1. The molecule has 1 aromatic carbocycles. The predicted molar refractivity (Wildman–Crippen MR) is 104 cm³/mol. The number of piperazine rings is 1. The number of carbonyl (C=O) groups is 3. The summed E-state index contributed by atoms with van der Waals surface area (Å²) in [5.41, 5.74) is 2.58. The van der Waals surface area contributed by atoms with Gasteiger partial charge in [-0.15, -0.1) is 0 Å². The predicted octanol–water partition coefficient (Wildman–Crippen LogP) is 2.04. The number of carbonyl (C=O) groups excluding carboxylic acids is 3. The zero-order valence-electron chi connectivity index (χ0n) is 15.5. The van der Waals surface area contributed by atoms with Gasteiger partial charge in [-0.05, 0) is 25.1 Å². The van der Waals surface area contributed by atoms with E-state index in [-0.39, 0.29) is 5.91 Å². The molecule has 0 unspecified atom stereocenters. The van der Waals surface area contributed by atoms with Gasteiger partial charge in [-0.1, -0.05) is 18.2 Å². The second kappa shape index (κ2) is 7.26. The minimum absolute atomic E-state index is 0.109. The first-order chi connectivity index (χ1) is 13.5. The van der Waals surface area contributed by atoms with Crippen LogP contribution in [0.15, 0.2) is 48.8 Å². The molecule has 1 N–H and O–H groups in total. The van der Waals surface area contributed by atoms with Crippen molar-refractivity contribution in [2.75, 3.05) is 26.2 Å². The second-order valence-electron chi connectivity index (χ2n) is 6.85. The summed E-state index contributed by atoms with van der Waals surface area (Å²) in [4.78, 5) is 48.3. The fourth-order valence-electron chi connectivity index (χ4n) is 3.41. The zero-order valence-corrected chi connectivity index (χ0v) is 15.5. The molecule has 1 aliphatic heterocycles. The van der Waals surface area contributed by atoms with Gasteiger partial charge >= 0.3 is 0 Å². The lowest BCUT2D eigenvalue weighted by atomic mass is 10.1. The van der Waals surface area contributed by atoms with Crippen molar-refractivity contribution >= 4 is 28.5 Å². The molecule has 4 rings (SSSR count). The largest absolute Gasteiger partial charge is 0.360 e. The Bertz CT molecular complexity index is 1050. The Hall–Kier alpha value is -3.48. The van der Waals surface area contributed by atoms with Crippen LogP contribution in [0.2, 0.25) is 0 Å². The van der Waals surface area contributed by atoms with Crippen molar-refractivity contribution < 1.29 is 14.4 Å². The molecule has 0 saturated carbocycles. The van der Waals surface area contributed by atoms with Crippen molar-refractivity contribution in [3.8, 4) is 0 Å². The monoisotopic (exact) mass is 376 g/mol. The summed E-state index contributed by atoms with van der Waals surface area (Å²) in [6, 6.07) is 10.9. The third-order valence-corrected chi connectivity index (χ3v) is 5.04. The molecule has 1 saturated heterocycles. The third kappa shape index (κ3) is 3.26. The number of nitrogens with zero attached hydrogens (tertiary/aromatic N) is 3. The number of aryl methyl sites for hydroxylation is 1. The van der Waals surface area contributed by atoms with E-state index in [9.17, 15) is 14.4 Å². The molecule has 142 valence electrons. The fraction of sp³-hybridized carbons (Fsp3) is 0.238. The van der Waals surface area contributed by atoms with Crippen molar-refractivity contribution in [3.63, 3.8) is 0 Å². The molecular formula is C21H20N4O3. The summed E-state index contributed by atoms with van der Waals surface area (Å²) >= 11 is 0. The SMILES string of the molecule is Cc1ccc(C(=O)N2CCN(C(=O)C(=O)c3c[nH]c4ccccc34)CC2)cn1. The summed E-state index contributed by atoms with van der Waals surface area (Å²) in [5.74, 6) is -1.17. The molecule has 2 aromatic heterocycles. The van der Waals surface area contributed by atoms with Gasteiger partial charge in [0.25, 0.3) is 17.6 Å². The van der Waals surface area contributed by atoms with Gasteiger partial charge in [0.15, 0.2) is 0 Å². The topological polar surface area (TPSA) is 86.4 Å². The molecule has 0 atom stereocenters. The Balaban J connectivity index is 1.42. The molecule has 0 bridgehead atoms. The molecule has 1 fully saturated rings. The summed E-state index contributed by atoms with van der Waals surface area (Å²) in [6.45, 7) is 3.30. The number of para-hydroxylation sites is 1. The number of fused-ring (bicyclic) bond motifs is 1. The van der Waals surface area contributed by atoms with Gasteiger partial charge < -0.3 is 14.8 Å². The maximum absolute atomic E-state index is 12.7. The normalized spacial score (nSPS) is 14.3. The van der Waals surface area contributed by atoms with Gasteiger partial charge in [0.1, 0.15) is 0 Å². The number of aromatic amines is 1. The van der Waals surface area contributed by atoms with Crippen LogP contribution in [0.1, 0.15) is 26.4 Å². The number of H-pyrrole nitrogens is 1. The van der Waals surface area contributed by atoms with Crippen molar-refractivity contribution in [1.82, 2.24) is 19.8 Å². The highest BCUT2D eigenvalue weighted by Crippen LogP contribution is 2.19. The van der Waals surface area contributed by atoms with Crippen LogP contribution in [0.3, 0.4) is 0 Å². The Kier molecular flexibility index (Phi) is 4.65. The summed E-state index contributed by atoms with van der Waals surface area (Å²) in [7, 11) is 0. The first-order valence-electron chi connectivity index (χ1n) is 9.16. The molecule has 0 radical (unpaired) electrons. The Morgan fingerprint density at radius 2 is 1.68 bits per heavy atom. The van der Waals surface area contributed by atoms with Crippen LogP contribution in [0.5, 0.6) is 0 Å². The number of aromatic nitrogens is 2. The molecule has 7 heteroatoms. The van der Waals surface area contributed by atoms with E-state index in [0.29, 0.717) is 37.3 Å². The van der Waals surface area contributed by atoms with Gasteiger partial charge in [-0.2, -0.15) is 0 Å². The number of amides is 2. The second-order valence-corrected chi connectivity index (χ2v) is 6.85. The number of benzene rings is 1. The quantitative estimate of drug-likeness (QED) is 0.560. The number of Topliss-reactive ketones (excluding diaryl/α,β-unsaturated/α-hetero) is 1. The number of nitrogens with one attached hydrogen (secondary N) is 1. The minimum atomic E-state index is -0.533. The highest BCUT2D eigenvalue weighted by atomic mass is 16.2. The zero-order chi connectivity index (χ0) is 19.7. The first-order valence-corrected chi connectivity index (χ1v) is 9.16. The van der Waals surface area contributed by atoms with Crippen LogP contribution in [0, 0.1) is 6.92 Å². The lowest BCUT2D eigenvalue weighted by Crippen LogP contribution is -2.52. The van der Waals surface area contributed by atoms with Gasteiger partial charge in [-0.25, -0.2) is 0 Å². The van der Waals surface area contributed by atoms with Crippen molar-refractivity contribution in [1.29, 1.82) is 0 Å². The van der Waals surface area contributed by atoms with E-state index in [1.54, 1.807) is 29.4 Å². The molecule has 7 nitrogen and oxygen atoms in total. The number of hydrogen-bond acceptors (Lipinski definition) is 4. The van der Waals surface area contributed by atoms with Crippen LogP contribution in [-0.4, -0.2) is 63.5 Å². The van der Waals surface area contributed by atoms with Gasteiger partial charge in [0, 0.05) is 55.2 Å². The van der Waals surface area contributed by atoms with Crippen molar-refractivity contribution in [2.45, 2.75) is 6.92 Å². The van der Waals surface area contributed by atoms with Gasteiger partial charge in [0.2, 0.25) is 0 Å². The lowest BCUT2D eigenvalue weighted by Gasteiger charge is -2.34. The summed E-state index contributed by atoms with van der Waals surface area (Å²) in [6.07, 6.45) is 3.14. The third-order valence-electron chi connectivity index (χ3n) is 5.04. The average molecular weight is 376 g/mol. The molecule has 2 amide bonds. The highest BCUT2D eigenvalue weighted by molar-refractivity contribution is 6.44. The molecule has 3 heterocycles. The lowest BCUT2D eigenvalue weighted by molar-refractivity contribution is -0.127.